The predicted molar refractivity (Wildman–Crippen MR) is 62.1 cm³/mol. The molecule has 3 nitrogen and oxygen atoms in total. The van der Waals surface area contributed by atoms with E-state index in [0.717, 1.165) is 31.7 Å². The van der Waals surface area contributed by atoms with Gasteiger partial charge in [-0.05, 0) is 6.42 Å². The smallest absolute Gasteiger partial charge is 0.0954 e. The van der Waals surface area contributed by atoms with Crippen LogP contribution >= 0.6 is 11.3 Å². The fourth-order valence-corrected chi connectivity index (χ4v) is 2.67. The Bertz CT molecular complexity index is 324. The zero-order valence-corrected chi connectivity index (χ0v) is 10.1. The molecule has 84 valence electrons. The fraction of sp³-hybridized carbons (Fsp3) is 0.727. The zero-order valence-electron chi connectivity index (χ0n) is 9.31. The van der Waals surface area contributed by atoms with Crippen LogP contribution in [0.5, 0.6) is 0 Å². The molecule has 1 aliphatic heterocycles. The first-order valence-corrected chi connectivity index (χ1v) is 6.38. The van der Waals surface area contributed by atoms with Crippen LogP contribution in [0, 0.1) is 0 Å². The third-order valence-corrected chi connectivity index (χ3v) is 3.89. The minimum absolute atomic E-state index is 0.131. The van der Waals surface area contributed by atoms with Crippen LogP contribution in [0.4, 0.5) is 0 Å². The van der Waals surface area contributed by atoms with E-state index < -0.39 is 0 Å². The maximum Gasteiger partial charge on any atom is 0.0954 e. The second-order valence-electron chi connectivity index (χ2n) is 4.51. The molecule has 0 amide bonds. The molecule has 1 unspecified atom stereocenters. The average molecular weight is 226 g/mol. The van der Waals surface area contributed by atoms with Gasteiger partial charge in [0.15, 0.2) is 0 Å². The Hall–Kier alpha value is -0.450. The number of aliphatic hydroxyl groups excluding tert-OH is 1. The van der Waals surface area contributed by atoms with Crippen LogP contribution in [0.25, 0.3) is 0 Å². The highest BCUT2D eigenvalue weighted by Crippen LogP contribution is 2.21. The van der Waals surface area contributed by atoms with Crippen molar-refractivity contribution in [1.29, 1.82) is 0 Å². The molecule has 1 aliphatic rings. The summed E-state index contributed by atoms with van der Waals surface area (Å²) in [5, 5.41) is 12.8. The number of β-amino-alcohol motifs (C(OH)–C–C–N with tert-alkyl or cyclic N) is 1. The number of rotatable bonds is 3. The van der Waals surface area contributed by atoms with Gasteiger partial charge in [-0.25, -0.2) is 4.98 Å². The monoisotopic (exact) mass is 226 g/mol. The van der Waals surface area contributed by atoms with E-state index in [9.17, 15) is 5.11 Å². The SMILES string of the molecule is CC(C)c1nc(CN2CCC(O)C2)cs1. The van der Waals surface area contributed by atoms with Crippen LogP contribution < -0.4 is 0 Å². The van der Waals surface area contributed by atoms with Gasteiger partial charge in [0.25, 0.3) is 0 Å². The second kappa shape index (κ2) is 4.60. The Morgan fingerprint density at radius 3 is 3.00 bits per heavy atom. The van der Waals surface area contributed by atoms with Gasteiger partial charge in [0.2, 0.25) is 0 Å². The molecule has 1 atom stereocenters. The highest BCUT2D eigenvalue weighted by molar-refractivity contribution is 7.09. The van der Waals surface area contributed by atoms with Gasteiger partial charge >= 0.3 is 0 Å². The number of aliphatic hydroxyl groups is 1. The van der Waals surface area contributed by atoms with Crippen molar-refractivity contribution in [3.63, 3.8) is 0 Å². The summed E-state index contributed by atoms with van der Waals surface area (Å²) >= 11 is 1.74. The third kappa shape index (κ3) is 2.77. The molecule has 15 heavy (non-hydrogen) atoms. The average Bonchev–Trinajstić information content (AvgIpc) is 2.76. The maximum absolute atomic E-state index is 9.41. The number of likely N-dealkylation sites (tertiary alicyclic amines) is 1. The summed E-state index contributed by atoms with van der Waals surface area (Å²) in [5.74, 6) is 0.521. The Kier molecular flexibility index (Phi) is 3.38. The van der Waals surface area contributed by atoms with E-state index in [0.29, 0.717) is 5.92 Å². The minimum Gasteiger partial charge on any atom is -0.392 e. The molecular weight excluding hydrogens is 208 g/mol. The van der Waals surface area contributed by atoms with Crippen LogP contribution in [-0.4, -0.2) is 34.2 Å². The summed E-state index contributed by atoms with van der Waals surface area (Å²) in [6.45, 7) is 7.02. The molecule has 0 aliphatic carbocycles. The Morgan fingerprint density at radius 1 is 1.67 bits per heavy atom. The first-order valence-electron chi connectivity index (χ1n) is 5.50. The van der Waals surface area contributed by atoms with E-state index in [-0.39, 0.29) is 6.10 Å². The molecule has 1 aromatic rings. The molecule has 1 N–H and O–H groups in total. The second-order valence-corrected chi connectivity index (χ2v) is 5.40. The molecule has 0 saturated carbocycles. The van der Waals surface area contributed by atoms with Crippen molar-refractivity contribution < 1.29 is 5.11 Å². The van der Waals surface area contributed by atoms with Crippen molar-refractivity contribution in [2.24, 2.45) is 0 Å². The summed E-state index contributed by atoms with van der Waals surface area (Å²) in [5.41, 5.74) is 1.15. The lowest BCUT2D eigenvalue weighted by atomic mass is 10.2. The van der Waals surface area contributed by atoms with Gasteiger partial charge in [0, 0.05) is 30.9 Å². The van der Waals surface area contributed by atoms with Gasteiger partial charge in [-0.15, -0.1) is 11.3 Å². The van der Waals surface area contributed by atoms with Gasteiger partial charge in [-0.1, -0.05) is 13.8 Å². The summed E-state index contributed by atoms with van der Waals surface area (Å²) < 4.78 is 0. The van der Waals surface area contributed by atoms with Crippen molar-refractivity contribution in [3.05, 3.63) is 16.1 Å². The molecule has 0 bridgehead atoms. The Balaban J connectivity index is 1.93. The largest absolute Gasteiger partial charge is 0.392 e. The van der Waals surface area contributed by atoms with Crippen LogP contribution in [-0.2, 0) is 6.54 Å². The predicted octanol–water partition coefficient (Wildman–Crippen LogP) is 1.83. The fourth-order valence-electron chi connectivity index (χ4n) is 1.85. The van der Waals surface area contributed by atoms with Crippen molar-refractivity contribution in [1.82, 2.24) is 9.88 Å². The van der Waals surface area contributed by atoms with Gasteiger partial charge in [-0.3, -0.25) is 4.90 Å². The van der Waals surface area contributed by atoms with E-state index in [1.165, 1.54) is 5.01 Å². The van der Waals surface area contributed by atoms with Crippen LogP contribution in [0.3, 0.4) is 0 Å². The van der Waals surface area contributed by atoms with Crippen LogP contribution in [0.15, 0.2) is 5.38 Å². The molecule has 2 heterocycles. The molecule has 0 radical (unpaired) electrons. The minimum atomic E-state index is -0.131. The first-order chi connectivity index (χ1) is 7.15. The van der Waals surface area contributed by atoms with Gasteiger partial charge < -0.3 is 5.11 Å². The lowest BCUT2D eigenvalue weighted by Gasteiger charge is -2.12. The molecule has 2 rings (SSSR count). The number of thiazole rings is 1. The van der Waals surface area contributed by atoms with Gasteiger partial charge in [0.05, 0.1) is 16.8 Å². The molecule has 0 spiro atoms. The molecule has 4 heteroatoms. The van der Waals surface area contributed by atoms with E-state index in [2.05, 4.69) is 29.1 Å². The number of hydrogen-bond donors (Lipinski definition) is 1. The standard InChI is InChI=1S/C11H18N2OS/c1-8(2)11-12-9(7-15-11)5-13-4-3-10(14)6-13/h7-8,10,14H,3-6H2,1-2H3. The molecule has 1 aromatic heterocycles. The lowest BCUT2D eigenvalue weighted by molar-refractivity contribution is 0.174. The number of aromatic nitrogens is 1. The van der Waals surface area contributed by atoms with E-state index in [1.807, 2.05) is 0 Å². The van der Waals surface area contributed by atoms with Gasteiger partial charge in [-0.2, -0.15) is 0 Å². The first kappa shape index (κ1) is 11.0. The van der Waals surface area contributed by atoms with Crippen LogP contribution in [0.1, 0.15) is 36.9 Å². The maximum atomic E-state index is 9.41. The molecule has 1 saturated heterocycles. The summed E-state index contributed by atoms with van der Waals surface area (Å²) in [4.78, 5) is 6.86. The highest BCUT2D eigenvalue weighted by atomic mass is 32.1. The Morgan fingerprint density at radius 2 is 2.47 bits per heavy atom. The van der Waals surface area contributed by atoms with Gasteiger partial charge in [0.1, 0.15) is 0 Å². The lowest BCUT2D eigenvalue weighted by Crippen LogP contribution is -2.21. The molecular formula is C11H18N2OS. The molecule has 0 aromatic carbocycles. The van der Waals surface area contributed by atoms with E-state index in [4.69, 9.17) is 0 Å². The van der Waals surface area contributed by atoms with Crippen molar-refractivity contribution in [2.75, 3.05) is 13.1 Å². The summed E-state index contributed by atoms with van der Waals surface area (Å²) in [6.07, 6.45) is 0.773. The zero-order chi connectivity index (χ0) is 10.8. The normalized spacial score (nSPS) is 22.8. The third-order valence-electron chi connectivity index (χ3n) is 2.70. The van der Waals surface area contributed by atoms with Crippen molar-refractivity contribution in [2.45, 2.75) is 38.8 Å². The summed E-state index contributed by atoms with van der Waals surface area (Å²) in [7, 11) is 0. The highest BCUT2D eigenvalue weighted by Gasteiger charge is 2.20. The van der Waals surface area contributed by atoms with Crippen LogP contribution in [0.2, 0.25) is 0 Å². The number of hydrogen-bond acceptors (Lipinski definition) is 4. The molecule has 1 fully saturated rings. The van der Waals surface area contributed by atoms with Crippen molar-refractivity contribution >= 4 is 11.3 Å². The summed E-state index contributed by atoms with van der Waals surface area (Å²) in [6, 6.07) is 0. The Labute approximate surface area is 94.8 Å². The van der Waals surface area contributed by atoms with E-state index >= 15 is 0 Å². The number of nitrogens with zero attached hydrogens (tertiary/aromatic N) is 2. The quantitative estimate of drug-likeness (QED) is 0.854. The topological polar surface area (TPSA) is 36.4 Å². The van der Waals surface area contributed by atoms with Crippen molar-refractivity contribution in [3.8, 4) is 0 Å². The van der Waals surface area contributed by atoms with E-state index in [1.54, 1.807) is 11.3 Å².